The zero-order valence-corrected chi connectivity index (χ0v) is 11.4. The predicted molar refractivity (Wildman–Crippen MR) is 70.5 cm³/mol. The van der Waals surface area contributed by atoms with Crippen molar-refractivity contribution in [2.75, 3.05) is 11.9 Å². The smallest absolute Gasteiger partial charge is 0.0540 e. The lowest BCUT2D eigenvalue weighted by Crippen LogP contribution is -2.22. The van der Waals surface area contributed by atoms with Crippen molar-refractivity contribution >= 4 is 21.6 Å². The number of rotatable bonds is 6. The van der Waals surface area contributed by atoms with Gasteiger partial charge in [0.25, 0.3) is 0 Å². The molecule has 1 heterocycles. The Morgan fingerprint density at radius 2 is 2.25 bits per heavy atom. The van der Waals surface area contributed by atoms with E-state index in [0.29, 0.717) is 12.0 Å². The van der Waals surface area contributed by atoms with Crippen molar-refractivity contribution in [1.29, 1.82) is 0 Å². The summed E-state index contributed by atoms with van der Waals surface area (Å²) in [7, 11) is 0. The Bertz CT molecular complexity index is 320. The third-order valence-electron chi connectivity index (χ3n) is 2.57. The van der Waals surface area contributed by atoms with Crippen LogP contribution in [0.5, 0.6) is 0 Å². The first kappa shape index (κ1) is 13.5. The van der Waals surface area contributed by atoms with E-state index in [1.807, 2.05) is 12.3 Å². The summed E-state index contributed by atoms with van der Waals surface area (Å²) in [6.45, 7) is 4.45. The van der Waals surface area contributed by atoms with Crippen molar-refractivity contribution in [3.8, 4) is 0 Å². The molecular weight excluding hydrogens is 268 g/mol. The third kappa shape index (κ3) is 4.49. The fourth-order valence-corrected chi connectivity index (χ4v) is 1.98. The highest BCUT2D eigenvalue weighted by atomic mass is 79.9. The van der Waals surface area contributed by atoms with Crippen LogP contribution in [0.25, 0.3) is 0 Å². The van der Waals surface area contributed by atoms with Gasteiger partial charge in [0.2, 0.25) is 0 Å². The van der Waals surface area contributed by atoms with E-state index in [4.69, 9.17) is 5.11 Å². The average molecular weight is 287 g/mol. The molecule has 2 N–H and O–H groups in total. The van der Waals surface area contributed by atoms with E-state index in [9.17, 15) is 0 Å². The summed E-state index contributed by atoms with van der Waals surface area (Å²) in [6.07, 6.45) is 5.59. The number of hydrogen-bond donors (Lipinski definition) is 2. The van der Waals surface area contributed by atoms with Crippen molar-refractivity contribution in [2.45, 2.75) is 32.7 Å². The summed E-state index contributed by atoms with van der Waals surface area (Å²) in [6, 6.07) is 2.40. The summed E-state index contributed by atoms with van der Waals surface area (Å²) in [4.78, 5) is 4.11. The highest BCUT2D eigenvalue weighted by Crippen LogP contribution is 2.18. The topological polar surface area (TPSA) is 45.1 Å². The fourth-order valence-electron chi connectivity index (χ4n) is 1.61. The van der Waals surface area contributed by atoms with Gasteiger partial charge >= 0.3 is 0 Å². The van der Waals surface area contributed by atoms with Crippen LogP contribution in [0.2, 0.25) is 0 Å². The highest BCUT2D eigenvalue weighted by molar-refractivity contribution is 9.10. The van der Waals surface area contributed by atoms with Crippen LogP contribution in [-0.2, 0) is 0 Å². The van der Waals surface area contributed by atoms with Gasteiger partial charge in [0.1, 0.15) is 0 Å². The van der Waals surface area contributed by atoms with Crippen LogP contribution in [0.1, 0.15) is 26.7 Å². The van der Waals surface area contributed by atoms with Gasteiger partial charge in [-0.25, -0.2) is 0 Å². The number of aliphatic hydroxyl groups is 1. The van der Waals surface area contributed by atoms with Crippen molar-refractivity contribution in [3.63, 3.8) is 0 Å². The van der Waals surface area contributed by atoms with Crippen molar-refractivity contribution in [3.05, 3.63) is 22.9 Å². The molecule has 0 amide bonds. The molecule has 4 heteroatoms. The molecule has 0 fully saturated rings. The van der Waals surface area contributed by atoms with Crippen LogP contribution < -0.4 is 5.32 Å². The lowest BCUT2D eigenvalue weighted by atomic mass is 10.0. The molecule has 0 radical (unpaired) electrons. The Balaban J connectivity index is 2.56. The molecule has 1 aromatic rings. The molecule has 0 aliphatic heterocycles. The maximum Gasteiger partial charge on any atom is 0.0540 e. The summed E-state index contributed by atoms with van der Waals surface area (Å²) in [5.41, 5.74) is 1.02. The molecule has 2 atom stereocenters. The minimum atomic E-state index is 0.245. The van der Waals surface area contributed by atoms with Gasteiger partial charge in [-0.1, -0.05) is 13.8 Å². The lowest BCUT2D eigenvalue weighted by Gasteiger charge is -2.20. The number of anilines is 1. The van der Waals surface area contributed by atoms with Gasteiger partial charge in [-0.3, -0.25) is 4.98 Å². The number of halogens is 1. The van der Waals surface area contributed by atoms with Gasteiger partial charge in [0.15, 0.2) is 0 Å². The number of hydrogen-bond acceptors (Lipinski definition) is 3. The van der Waals surface area contributed by atoms with Gasteiger partial charge in [0.05, 0.1) is 11.9 Å². The van der Waals surface area contributed by atoms with Gasteiger partial charge in [-0.05, 0) is 40.8 Å². The van der Waals surface area contributed by atoms with Crippen molar-refractivity contribution in [1.82, 2.24) is 4.98 Å². The zero-order chi connectivity index (χ0) is 12.0. The van der Waals surface area contributed by atoms with E-state index in [0.717, 1.165) is 23.0 Å². The molecule has 0 saturated heterocycles. The molecule has 3 nitrogen and oxygen atoms in total. The molecule has 0 unspecified atom stereocenters. The van der Waals surface area contributed by atoms with Crippen molar-refractivity contribution < 1.29 is 5.11 Å². The van der Waals surface area contributed by atoms with Crippen LogP contribution in [0.4, 0.5) is 5.69 Å². The second-order valence-corrected chi connectivity index (χ2v) is 5.08. The summed E-state index contributed by atoms with van der Waals surface area (Å²) in [5.74, 6) is 0.331. The summed E-state index contributed by atoms with van der Waals surface area (Å²) < 4.78 is 0.975. The molecule has 1 rings (SSSR count). The Hall–Kier alpha value is -0.610. The molecule has 0 bridgehead atoms. The standard InChI is InChI=1S/C12H19BrN2O/c1-3-11(4-9(2)8-16)15-12-5-10(13)6-14-7-12/h5-7,9,11,15-16H,3-4,8H2,1-2H3/t9-,11+/m0/s1. The average Bonchev–Trinajstić information content (AvgIpc) is 2.28. The van der Waals surface area contributed by atoms with Crippen LogP contribution in [0, 0.1) is 5.92 Å². The molecule has 0 saturated carbocycles. The first-order valence-electron chi connectivity index (χ1n) is 5.63. The number of aromatic nitrogens is 1. The Morgan fingerprint density at radius 1 is 1.50 bits per heavy atom. The quantitative estimate of drug-likeness (QED) is 0.845. The molecule has 0 aromatic carbocycles. The first-order valence-corrected chi connectivity index (χ1v) is 6.43. The van der Waals surface area contributed by atoms with E-state index in [2.05, 4.69) is 40.1 Å². The maximum absolute atomic E-state index is 9.04. The lowest BCUT2D eigenvalue weighted by molar-refractivity contribution is 0.224. The van der Waals surface area contributed by atoms with Crippen LogP contribution in [0.15, 0.2) is 22.9 Å². The Kier molecular flexibility index (Phi) is 5.77. The van der Waals surface area contributed by atoms with E-state index in [1.165, 1.54) is 0 Å². The molecule has 0 aliphatic rings. The van der Waals surface area contributed by atoms with E-state index >= 15 is 0 Å². The first-order chi connectivity index (χ1) is 7.65. The van der Waals surface area contributed by atoms with Gasteiger partial charge in [0, 0.05) is 23.3 Å². The second-order valence-electron chi connectivity index (χ2n) is 4.16. The van der Waals surface area contributed by atoms with Gasteiger partial charge < -0.3 is 10.4 Å². The Labute approximate surface area is 105 Å². The molecule has 0 spiro atoms. The summed E-state index contributed by atoms with van der Waals surface area (Å²) in [5, 5.41) is 12.5. The van der Waals surface area contributed by atoms with Crippen molar-refractivity contribution in [2.24, 2.45) is 5.92 Å². The van der Waals surface area contributed by atoms with Gasteiger partial charge in [-0.15, -0.1) is 0 Å². The largest absolute Gasteiger partial charge is 0.396 e. The highest BCUT2D eigenvalue weighted by Gasteiger charge is 2.10. The molecule has 16 heavy (non-hydrogen) atoms. The second kappa shape index (κ2) is 6.86. The van der Waals surface area contributed by atoms with E-state index in [1.54, 1.807) is 6.20 Å². The van der Waals surface area contributed by atoms with Crippen LogP contribution in [0.3, 0.4) is 0 Å². The van der Waals surface area contributed by atoms with Crippen LogP contribution >= 0.6 is 15.9 Å². The monoisotopic (exact) mass is 286 g/mol. The predicted octanol–water partition coefficient (Wildman–Crippen LogP) is 3.05. The third-order valence-corrected chi connectivity index (χ3v) is 3.00. The molecule has 0 aliphatic carbocycles. The van der Waals surface area contributed by atoms with Gasteiger partial charge in [-0.2, -0.15) is 0 Å². The van der Waals surface area contributed by atoms with E-state index < -0.39 is 0 Å². The normalized spacial score (nSPS) is 14.5. The van der Waals surface area contributed by atoms with Crippen LogP contribution in [-0.4, -0.2) is 22.7 Å². The fraction of sp³-hybridized carbons (Fsp3) is 0.583. The molecule has 1 aromatic heterocycles. The molecular formula is C12H19BrN2O. The number of pyridine rings is 1. The Morgan fingerprint density at radius 3 is 2.81 bits per heavy atom. The minimum Gasteiger partial charge on any atom is -0.396 e. The maximum atomic E-state index is 9.04. The summed E-state index contributed by atoms with van der Waals surface area (Å²) >= 11 is 3.40. The number of nitrogens with zero attached hydrogens (tertiary/aromatic N) is 1. The zero-order valence-electron chi connectivity index (χ0n) is 9.78. The number of nitrogens with one attached hydrogen (secondary N) is 1. The van der Waals surface area contributed by atoms with E-state index in [-0.39, 0.29) is 6.61 Å². The molecule has 90 valence electrons. The SMILES string of the molecule is CC[C@H](C[C@H](C)CO)Nc1cncc(Br)c1. The number of aliphatic hydroxyl groups excluding tert-OH is 1. The minimum absolute atomic E-state index is 0.245.